The summed E-state index contributed by atoms with van der Waals surface area (Å²) in [6.07, 6.45) is 1.70. The Kier molecular flexibility index (Phi) is 5.40. The van der Waals surface area contributed by atoms with Gasteiger partial charge in [-0.1, -0.05) is 11.3 Å². The van der Waals surface area contributed by atoms with Crippen LogP contribution in [-0.4, -0.2) is 39.0 Å². The van der Waals surface area contributed by atoms with Crippen LogP contribution in [0, 0.1) is 0 Å². The SMILES string of the molecule is CC(C)(C)OC(=O)N1CCc2nc(NC(=O)c3ccc(-c4ccco4)[nH]c3=O)sc2C1. The van der Waals surface area contributed by atoms with Crippen LogP contribution in [0.5, 0.6) is 0 Å². The lowest BCUT2D eigenvalue weighted by molar-refractivity contribution is 0.0225. The molecule has 31 heavy (non-hydrogen) atoms. The van der Waals surface area contributed by atoms with E-state index in [4.69, 9.17) is 9.15 Å². The van der Waals surface area contributed by atoms with E-state index < -0.39 is 17.1 Å². The molecule has 0 spiro atoms. The lowest BCUT2D eigenvalue weighted by Gasteiger charge is -2.29. The molecule has 4 heterocycles. The second kappa shape index (κ2) is 8.03. The Morgan fingerprint density at radius 3 is 2.77 bits per heavy atom. The van der Waals surface area contributed by atoms with Crippen molar-refractivity contribution in [3.8, 4) is 11.5 Å². The number of thiazole rings is 1. The van der Waals surface area contributed by atoms with E-state index >= 15 is 0 Å². The van der Waals surface area contributed by atoms with Crippen LogP contribution in [0.15, 0.2) is 39.7 Å². The summed E-state index contributed by atoms with van der Waals surface area (Å²) < 4.78 is 10.7. The first-order valence-corrected chi connectivity index (χ1v) is 10.6. The van der Waals surface area contributed by atoms with Crippen LogP contribution in [0.25, 0.3) is 11.5 Å². The van der Waals surface area contributed by atoms with E-state index in [1.807, 2.05) is 20.8 Å². The molecule has 3 aromatic heterocycles. The average molecular weight is 442 g/mol. The molecule has 0 aliphatic carbocycles. The molecule has 0 bridgehead atoms. The van der Waals surface area contributed by atoms with E-state index in [0.717, 1.165) is 10.6 Å². The monoisotopic (exact) mass is 442 g/mol. The fourth-order valence-electron chi connectivity index (χ4n) is 3.12. The molecule has 2 amide bonds. The van der Waals surface area contributed by atoms with Gasteiger partial charge in [0.25, 0.3) is 11.5 Å². The molecule has 0 fully saturated rings. The molecule has 1 aliphatic heterocycles. The maximum Gasteiger partial charge on any atom is 0.410 e. The van der Waals surface area contributed by atoms with Gasteiger partial charge in [0.15, 0.2) is 5.13 Å². The molecule has 0 aromatic carbocycles. The molecular weight excluding hydrogens is 420 g/mol. The predicted molar refractivity (Wildman–Crippen MR) is 115 cm³/mol. The Bertz CT molecular complexity index is 1170. The number of anilines is 1. The van der Waals surface area contributed by atoms with Gasteiger partial charge in [-0.3, -0.25) is 14.9 Å². The van der Waals surface area contributed by atoms with Crippen molar-refractivity contribution in [3.05, 3.63) is 57.0 Å². The number of ether oxygens (including phenoxy) is 1. The number of furan rings is 1. The van der Waals surface area contributed by atoms with Crippen molar-refractivity contribution < 1.29 is 18.7 Å². The fraction of sp³-hybridized carbons (Fsp3) is 0.333. The minimum absolute atomic E-state index is 0.0288. The average Bonchev–Trinajstić information content (AvgIpc) is 3.35. The van der Waals surface area contributed by atoms with Crippen LogP contribution in [0.2, 0.25) is 0 Å². The number of hydrogen-bond donors (Lipinski definition) is 2. The van der Waals surface area contributed by atoms with Crippen molar-refractivity contribution in [1.82, 2.24) is 14.9 Å². The molecule has 162 valence electrons. The summed E-state index contributed by atoms with van der Waals surface area (Å²) >= 11 is 1.28. The molecule has 0 radical (unpaired) electrons. The van der Waals surface area contributed by atoms with Crippen molar-refractivity contribution in [3.63, 3.8) is 0 Å². The number of aromatic amines is 1. The molecule has 4 rings (SSSR count). The minimum atomic E-state index is -0.566. The van der Waals surface area contributed by atoms with Crippen LogP contribution >= 0.6 is 11.3 Å². The Morgan fingerprint density at radius 1 is 1.29 bits per heavy atom. The molecule has 9 nitrogen and oxygen atoms in total. The second-order valence-electron chi connectivity index (χ2n) is 8.09. The van der Waals surface area contributed by atoms with Crippen molar-refractivity contribution in [1.29, 1.82) is 0 Å². The topological polar surface area (TPSA) is 118 Å². The number of fused-ring (bicyclic) bond motifs is 1. The van der Waals surface area contributed by atoms with Crippen LogP contribution in [0.4, 0.5) is 9.93 Å². The normalized spacial score (nSPS) is 13.6. The van der Waals surface area contributed by atoms with Crippen molar-refractivity contribution in [2.24, 2.45) is 0 Å². The third-order valence-electron chi connectivity index (χ3n) is 4.54. The molecule has 2 N–H and O–H groups in total. The van der Waals surface area contributed by atoms with E-state index in [-0.39, 0.29) is 11.7 Å². The van der Waals surface area contributed by atoms with Crippen molar-refractivity contribution >= 4 is 28.5 Å². The van der Waals surface area contributed by atoms with Crippen LogP contribution < -0.4 is 10.9 Å². The predicted octanol–water partition coefficient (Wildman–Crippen LogP) is 3.64. The highest BCUT2D eigenvalue weighted by Gasteiger charge is 2.28. The van der Waals surface area contributed by atoms with Gasteiger partial charge in [0.2, 0.25) is 0 Å². The summed E-state index contributed by atoms with van der Waals surface area (Å²) in [6, 6.07) is 6.48. The molecule has 0 atom stereocenters. The van der Waals surface area contributed by atoms with Gasteiger partial charge in [-0.15, -0.1) is 0 Å². The van der Waals surface area contributed by atoms with E-state index in [1.165, 1.54) is 23.7 Å². The van der Waals surface area contributed by atoms with Crippen LogP contribution in [0.3, 0.4) is 0 Å². The molecule has 10 heteroatoms. The number of rotatable bonds is 3. The van der Waals surface area contributed by atoms with Gasteiger partial charge >= 0.3 is 6.09 Å². The number of nitrogens with one attached hydrogen (secondary N) is 2. The first-order chi connectivity index (χ1) is 14.7. The zero-order chi connectivity index (χ0) is 22.2. The zero-order valence-corrected chi connectivity index (χ0v) is 18.2. The smallest absolute Gasteiger partial charge is 0.410 e. The Balaban J connectivity index is 1.45. The maximum absolute atomic E-state index is 12.6. The highest BCUT2D eigenvalue weighted by Crippen LogP contribution is 2.29. The van der Waals surface area contributed by atoms with Gasteiger partial charge in [0.05, 0.1) is 24.2 Å². The summed E-state index contributed by atoms with van der Waals surface area (Å²) in [7, 11) is 0. The van der Waals surface area contributed by atoms with Crippen LogP contribution in [-0.2, 0) is 17.7 Å². The van der Waals surface area contributed by atoms with E-state index in [9.17, 15) is 14.4 Å². The number of aromatic nitrogens is 2. The number of nitrogens with zero attached hydrogens (tertiary/aromatic N) is 2. The summed E-state index contributed by atoms with van der Waals surface area (Å²) in [5.41, 5.74) is 0.201. The van der Waals surface area contributed by atoms with Gasteiger partial charge in [-0.25, -0.2) is 9.78 Å². The van der Waals surface area contributed by atoms with Crippen LogP contribution in [0.1, 0.15) is 41.7 Å². The first kappa shape index (κ1) is 20.9. The molecule has 1 aliphatic rings. The highest BCUT2D eigenvalue weighted by molar-refractivity contribution is 7.15. The molecule has 0 unspecified atom stereocenters. The van der Waals surface area contributed by atoms with Gasteiger partial charge < -0.3 is 19.0 Å². The third-order valence-corrected chi connectivity index (χ3v) is 5.54. The lowest BCUT2D eigenvalue weighted by atomic mass is 10.2. The quantitative estimate of drug-likeness (QED) is 0.640. The minimum Gasteiger partial charge on any atom is -0.463 e. The van der Waals surface area contributed by atoms with Gasteiger partial charge in [-0.2, -0.15) is 0 Å². The molecule has 3 aromatic rings. The number of H-pyrrole nitrogens is 1. The van der Waals surface area contributed by atoms with Crippen molar-refractivity contribution in [2.75, 3.05) is 11.9 Å². The number of amides is 2. The molecule has 0 saturated carbocycles. The summed E-state index contributed by atoms with van der Waals surface area (Å²) in [5, 5.41) is 3.07. The Morgan fingerprint density at radius 2 is 2.10 bits per heavy atom. The number of carbonyl (C=O) groups is 2. The largest absolute Gasteiger partial charge is 0.463 e. The van der Waals surface area contributed by atoms with E-state index in [2.05, 4.69) is 15.3 Å². The van der Waals surface area contributed by atoms with E-state index in [1.54, 1.807) is 23.1 Å². The summed E-state index contributed by atoms with van der Waals surface area (Å²) in [5.74, 6) is -0.0476. The maximum atomic E-state index is 12.6. The lowest BCUT2D eigenvalue weighted by Crippen LogP contribution is -2.39. The number of pyridine rings is 1. The fourth-order valence-corrected chi connectivity index (χ4v) is 4.14. The summed E-state index contributed by atoms with van der Waals surface area (Å²) in [4.78, 5) is 46.9. The third kappa shape index (κ3) is 4.69. The van der Waals surface area contributed by atoms with Gasteiger partial charge in [0, 0.05) is 17.8 Å². The zero-order valence-electron chi connectivity index (χ0n) is 17.4. The standard InChI is InChI=1S/C21H22N4O5S/c1-21(2,3)30-20(28)25-9-8-14-16(11-25)31-19(23-14)24-18(27)12-6-7-13(22-17(12)26)15-5-4-10-29-15/h4-7,10H,8-9,11H2,1-3H3,(H,22,26)(H,23,24,27). The van der Waals surface area contributed by atoms with Gasteiger partial charge in [0.1, 0.15) is 16.9 Å². The highest BCUT2D eigenvalue weighted by atomic mass is 32.1. The van der Waals surface area contributed by atoms with Crippen molar-refractivity contribution in [2.45, 2.75) is 39.3 Å². The second-order valence-corrected chi connectivity index (χ2v) is 9.17. The molecular formula is C21H22N4O5S. The summed E-state index contributed by atoms with van der Waals surface area (Å²) in [6.45, 7) is 6.33. The number of hydrogen-bond acceptors (Lipinski definition) is 7. The Labute approximate surface area is 182 Å². The van der Waals surface area contributed by atoms with E-state index in [0.29, 0.717) is 36.1 Å². The number of carbonyl (C=O) groups excluding carboxylic acids is 2. The molecule has 0 saturated heterocycles. The Hall–Kier alpha value is -3.40. The first-order valence-electron chi connectivity index (χ1n) is 9.75. The van der Waals surface area contributed by atoms with Gasteiger partial charge in [-0.05, 0) is 45.0 Å².